The van der Waals surface area contributed by atoms with E-state index in [1.807, 2.05) is 30.0 Å². The van der Waals surface area contributed by atoms with Gasteiger partial charge >= 0.3 is 0 Å². The Bertz CT molecular complexity index is 441. The molecule has 98 valence electrons. The molecule has 0 bridgehead atoms. The molecule has 0 radical (unpaired) electrons. The molecular weight excluding hydrogens is 228 g/mol. The summed E-state index contributed by atoms with van der Waals surface area (Å²) in [6.45, 7) is 3.16. The normalized spacial score (nSPS) is 14.6. The van der Waals surface area contributed by atoms with Crippen LogP contribution in [0.2, 0.25) is 0 Å². The summed E-state index contributed by atoms with van der Waals surface area (Å²) in [5.41, 5.74) is 8.16. The average molecular weight is 248 g/mol. The Hall–Kier alpha value is -1.55. The lowest BCUT2D eigenvalue weighted by Crippen LogP contribution is -2.36. The zero-order chi connectivity index (χ0) is 13.1. The molecule has 0 spiro atoms. The summed E-state index contributed by atoms with van der Waals surface area (Å²) >= 11 is 0. The van der Waals surface area contributed by atoms with Gasteiger partial charge < -0.3 is 15.4 Å². The molecule has 0 unspecified atom stereocenters. The molecule has 4 nitrogen and oxygen atoms in total. The Kier molecular flexibility index (Phi) is 3.87. The number of benzene rings is 1. The van der Waals surface area contributed by atoms with Crippen LogP contribution >= 0.6 is 0 Å². The second kappa shape index (κ2) is 5.40. The number of nitrogens with zero attached hydrogens (tertiary/aromatic N) is 1. The van der Waals surface area contributed by atoms with E-state index >= 15 is 0 Å². The number of carbonyl (C=O) groups is 1. The number of rotatable bonds is 5. The maximum Gasteiger partial charge on any atom is 0.256 e. The Balaban J connectivity index is 2.16. The molecule has 0 atom stereocenters. The molecule has 1 saturated carbocycles. The predicted molar refractivity (Wildman–Crippen MR) is 71.5 cm³/mol. The van der Waals surface area contributed by atoms with Gasteiger partial charge in [-0.3, -0.25) is 4.79 Å². The third-order valence-electron chi connectivity index (χ3n) is 3.22. The fourth-order valence-corrected chi connectivity index (χ4v) is 2.06. The molecule has 1 amide bonds. The second-order valence-corrected chi connectivity index (χ2v) is 4.81. The zero-order valence-corrected chi connectivity index (χ0v) is 11.0. The number of hydrogen-bond donors (Lipinski definition) is 1. The molecule has 0 aliphatic heterocycles. The molecule has 1 aromatic rings. The number of amides is 1. The molecule has 1 aliphatic carbocycles. The van der Waals surface area contributed by atoms with Crippen molar-refractivity contribution >= 4 is 11.6 Å². The van der Waals surface area contributed by atoms with Gasteiger partial charge in [-0.05, 0) is 37.5 Å². The smallest absolute Gasteiger partial charge is 0.256 e. The first-order chi connectivity index (χ1) is 8.63. The van der Waals surface area contributed by atoms with Crippen LogP contribution in [0.1, 0.15) is 28.8 Å². The highest BCUT2D eigenvalue weighted by molar-refractivity contribution is 5.99. The molecule has 0 aromatic heterocycles. The van der Waals surface area contributed by atoms with Crippen LogP contribution in [0.15, 0.2) is 18.2 Å². The first kappa shape index (κ1) is 12.9. The van der Waals surface area contributed by atoms with E-state index < -0.39 is 0 Å². The fourth-order valence-electron chi connectivity index (χ4n) is 2.06. The van der Waals surface area contributed by atoms with E-state index in [0.717, 1.165) is 18.4 Å². The first-order valence-corrected chi connectivity index (χ1v) is 6.29. The molecule has 1 aromatic carbocycles. The van der Waals surface area contributed by atoms with Crippen LogP contribution in [-0.2, 0) is 4.74 Å². The summed E-state index contributed by atoms with van der Waals surface area (Å²) in [4.78, 5) is 14.3. The third-order valence-corrected chi connectivity index (χ3v) is 3.22. The number of carbonyl (C=O) groups excluding carboxylic acids is 1. The van der Waals surface area contributed by atoms with Crippen LogP contribution in [0.5, 0.6) is 0 Å². The quantitative estimate of drug-likeness (QED) is 0.809. The molecule has 4 heteroatoms. The number of anilines is 1. The van der Waals surface area contributed by atoms with Crippen LogP contribution in [0.3, 0.4) is 0 Å². The summed E-state index contributed by atoms with van der Waals surface area (Å²) in [7, 11) is 1.65. The summed E-state index contributed by atoms with van der Waals surface area (Å²) in [5, 5.41) is 0. The van der Waals surface area contributed by atoms with Gasteiger partial charge in [-0.15, -0.1) is 0 Å². The lowest BCUT2D eigenvalue weighted by atomic mass is 10.1. The zero-order valence-electron chi connectivity index (χ0n) is 11.0. The number of nitrogen functional groups attached to an aromatic ring is 1. The molecule has 2 rings (SSSR count). The fraction of sp³-hybridized carbons (Fsp3) is 0.500. The van der Waals surface area contributed by atoms with Crippen molar-refractivity contribution < 1.29 is 9.53 Å². The van der Waals surface area contributed by atoms with Gasteiger partial charge in [0.05, 0.1) is 12.2 Å². The Labute approximate surface area is 108 Å². The molecule has 18 heavy (non-hydrogen) atoms. The van der Waals surface area contributed by atoms with E-state index in [2.05, 4.69) is 0 Å². The largest absolute Gasteiger partial charge is 0.398 e. The monoisotopic (exact) mass is 248 g/mol. The minimum absolute atomic E-state index is 0.0204. The highest BCUT2D eigenvalue weighted by Crippen LogP contribution is 2.29. The van der Waals surface area contributed by atoms with E-state index in [0.29, 0.717) is 30.4 Å². The van der Waals surface area contributed by atoms with Crippen LogP contribution < -0.4 is 5.73 Å². The minimum Gasteiger partial charge on any atom is -0.398 e. The van der Waals surface area contributed by atoms with Crippen molar-refractivity contribution in [1.29, 1.82) is 0 Å². The second-order valence-electron chi connectivity index (χ2n) is 4.81. The molecule has 1 fully saturated rings. The molecular formula is C14H20N2O2. The van der Waals surface area contributed by atoms with Gasteiger partial charge in [-0.2, -0.15) is 0 Å². The number of aryl methyl sites for hydroxylation is 1. The number of nitrogens with two attached hydrogens (primary N) is 1. The van der Waals surface area contributed by atoms with E-state index in [4.69, 9.17) is 10.5 Å². The third kappa shape index (κ3) is 2.82. The van der Waals surface area contributed by atoms with E-state index in [9.17, 15) is 4.79 Å². The van der Waals surface area contributed by atoms with Crippen molar-refractivity contribution in [3.05, 3.63) is 29.3 Å². The number of methoxy groups -OCH3 is 1. The highest BCUT2D eigenvalue weighted by Gasteiger charge is 2.33. The van der Waals surface area contributed by atoms with Crippen molar-refractivity contribution in [3.8, 4) is 0 Å². The van der Waals surface area contributed by atoms with Crippen LogP contribution in [0.4, 0.5) is 5.69 Å². The summed E-state index contributed by atoms with van der Waals surface area (Å²) < 4.78 is 5.06. The van der Waals surface area contributed by atoms with Gasteiger partial charge in [0.2, 0.25) is 0 Å². The molecule has 0 heterocycles. The van der Waals surface area contributed by atoms with Crippen molar-refractivity contribution in [3.63, 3.8) is 0 Å². The number of hydrogen-bond acceptors (Lipinski definition) is 3. The van der Waals surface area contributed by atoms with Crippen LogP contribution in [0, 0.1) is 6.92 Å². The summed E-state index contributed by atoms with van der Waals surface area (Å²) in [5.74, 6) is 0.0204. The number of ether oxygens (including phenoxy) is 1. The van der Waals surface area contributed by atoms with Crippen LogP contribution in [-0.4, -0.2) is 37.1 Å². The lowest BCUT2D eigenvalue weighted by molar-refractivity contribution is 0.0681. The van der Waals surface area contributed by atoms with E-state index in [1.54, 1.807) is 7.11 Å². The highest BCUT2D eigenvalue weighted by atomic mass is 16.5. The summed E-state index contributed by atoms with van der Waals surface area (Å²) in [6.07, 6.45) is 2.17. The van der Waals surface area contributed by atoms with Gasteiger partial charge in [0, 0.05) is 25.4 Å². The molecule has 1 aliphatic rings. The van der Waals surface area contributed by atoms with Crippen molar-refractivity contribution in [2.24, 2.45) is 0 Å². The van der Waals surface area contributed by atoms with E-state index in [-0.39, 0.29) is 5.91 Å². The predicted octanol–water partition coefficient (Wildman–Crippen LogP) is 1.83. The standard InChI is InChI=1S/C14H20N2O2/c1-10-3-6-12(13(15)9-10)14(17)16(7-8-18-2)11-4-5-11/h3,6,9,11H,4-5,7-8,15H2,1-2H3. The lowest BCUT2D eigenvalue weighted by Gasteiger charge is -2.22. The Morgan fingerprint density at radius 3 is 2.78 bits per heavy atom. The summed E-state index contributed by atoms with van der Waals surface area (Å²) in [6, 6.07) is 5.95. The van der Waals surface area contributed by atoms with Crippen molar-refractivity contribution in [1.82, 2.24) is 4.90 Å². The van der Waals surface area contributed by atoms with Gasteiger partial charge in [0.25, 0.3) is 5.91 Å². The van der Waals surface area contributed by atoms with E-state index in [1.165, 1.54) is 0 Å². The maximum absolute atomic E-state index is 12.5. The maximum atomic E-state index is 12.5. The molecule has 2 N–H and O–H groups in total. The van der Waals surface area contributed by atoms with Crippen LogP contribution in [0.25, 0.3) is 0 Å². The minimum atomic E-state index is 0.0204. The van der Waals surface area contributed by atoms with Gasteiger partial charge in [-0.1, -0.05) is 6.07 Å². The Morgan fingerprint density at radius 1 is 1.50 bits per heavy atom. The van der Waals surface area contributed by atoms with Gasteiger partial charge in [-0.25, -0.2) is 0 Å². The topological polar surface area (TPSA) is 55.6 Å². The Morgan fingerprint density at radius 2 is 2.22 bits per heavy atom. The van der Waals surface area contributed by atoms with Crippen molar-refractivity contribution in [2.75, 3.05) is 26.0 Å². The SMILES string of the molecule is COCCN(C(=O)c1ccc(C)cc1N)C1CC1. The van der Waals surface area contributed by atoms with Crippen molar-refractivity contribution in [2.45, 2.75) is 25.8 Å². The average Bonchev–Trinajstić information content (AvgIpc) is 3.13. The molecule has 0 saturated heterocycles. The first-order valence-electron chi connectivity index (χ1n) is 6.29. The van der Waals surface area contributed by atoms with Gasteiger partial charge in [0.1, 0.15) is 0 Å². The van der Waals surface area contributed by atoms with Gasteiger partial charge in [0.15, 0.2) is 0 Å².